The van der Waals surface area contributed by atoms with Gasteiger partial charge in [0.15, 0.2) is 5.58 Å². The Labute approximate surface area is 192 Å². The van der Waals surface area contributed by atoms with Crippen LogP contribution >= 0.6 is 12.4 Å². The van der Waals surface area contributed by atoms with Crippen LogP contribution in [0.15, 0.2) is 44.1 Å². The third kappa shape index (κ3) is 4.06. The van der Waals surface area contributed by atoms with E-state index in [2.05, 4.69) is 10.3 Å². The summed E-state index contributed by atoms with van der Waals surface area (Å²) < 4.78 is 17.5. The molecule has 0 bridgehead atoms. The molecule has 0 amide bonds. The van der Waals surface area contributed by atoms with Crippen molar-refractivity contribution in [2.45, 2.75) is 46.3 Å². The molecule has 1 aliphatic rings. The lowest BCUT2D eigenvalue weighted by Crippen LogP contribution is -2.25. The number of ether oxygens (including phenoxy) is 1. The molecule has 6 nitrogen and oxygen atoms in total. The van der Waals surface area contributed by atoms with Gasteiger partial charge in [-0.2, -0.15) is 0 Å². The quantitative estimate of drug-likeness (QED) is 0.417. The molecule has 1 saturated heterocycles. The maximum Gasteiger partial charge on any atom is 0.336 e. The molecule has 7 heteroatoms. The molecule has 0 aliphatic carbocycles. The molecule has 1 aromatic carbocycles. The van der Waals surface area contributed by atoms with Crippen molar-refractivity contribution in [2.75, 3.05) is 13.2 Å². The number of pyridine rings is 1. The number of nitrogens with one attached hydrogen (secondary N) is 1. The number of halogens is 1. The van der Waals surface area contributed by atoms with E-state index in [1.165, 1.54) is 6.07 Å². The summed E-state index contributed by atoms with van der Waals surface area (Å²) in [5.74, 6) is 0.646. The van der Waals surface area contributed by atoms with Crippen LogP contribution in [0.5, 0.6) is 0 Å². The number of nitrogens with zero attached hydrogens (tertiary/aromatic N) is 1. The second-order valence-electron chi connectivity index (χ2n) is 8.35. The minimum Gasteiger partial charge on any atom is -0.454 e. The zero-order chi connectivity index (χ0) is 21.5. The lowest BCUT2D eigenvalue weighted by atomic mass is 10.0. The zero-order valence-electron chi connectivity index (χ0n) is 18.5. The predicted octanol–water partition coefficient (Wildman–Crippen LogP) is 5.22. The molecule has 4 heterocycles. The van der Waals surface area contributed by atoms with Crippen molar-refractivity contribution in [3.05, 3.63) is 63.3 Å². The van der Waals surface area contributed by atoms with E-state index in [1.807, 2.05) is 45.2 Å². The Balaban J connectivity index is 0.00000245. The molecule has 3 aromatic heterocycles. The average Bonchev–Trinajstić information content (AvgIpc) is 3.43. The van der Waals surface area contributed by atoms with Crippen molar-refractivity contribution in [3.8, 4) is 11.3 Å². The molecular weight excluding hydrogens is 428 g/mol. The van der Waals surface area contributed by atoms with E-state index in [0.29, 0.717) is 17.9 Å². The second kappa shape index (κ2) is 9.06. The topological polar surface area (TPSA) is 77.5 Å². The van der Waals surface area contributed by atoms with Gasteiger partial charge in [0.2, 0.25) is 0 Å². The van der Waals surface area contributed by atoms with Gasteiger partial charge >= 0.3 is 5.63 Å². The molecule has 1 atom stereocenters. The Morgan fingerprint density at radius 3 is 2.72 bits per heavy atom. The largest absolute Gasteiger partial charge is 0.454 e. The average molecular weight is 455 g/mol. The van der Waals surface area contributed by atoms with E-state index < -0.39 is 0 Å². The summed E-state index contributed by atoms with van der Waals surface area (Å²) in [6.07, 6.45) is 4.42. The maximum absolute atomic E-state index is 12.3. The van der Waals surface area contributed by atoms with Crippen molar-refractivity contribution < 1.29 is 13.6 Å². The van der Waals surface area contributed by atoms with Crippen LogP contribution in [0.4, 0.5) is 0 Å². The summed E-state index contributed by atoms with van der Waals surface area (Å²) in [4.78, 5) is 16.8. The van der Waals surface area contributed by atoms with Gasteiger partial charge in [-0.15, -0.1) is 12.4 Å². The maximum atomic E-state index is 12.3. The van der Waals surface area contributed by atoms with Crippen molar-refractivity contribution in [2.24, 2.45) is 0 Å². The highest BCUT2D eigenvalue weighted by molar-refractivity contribution is 5.97. The van der Waals surface area contributed by atoms with Crippen molar-refractivity contribution in [1.29, 1.82) is 0 Å². The van der Waals surface area contributed by atoms with Gasteiger partial charge in [-0.3, -0.25) is 4.98 Å². The molecule has 0 spiro atoms. The van der Waals surface area contributed by atoms with Gasteiger partial charge in [-0.1, -0.05) is 12.1 Å². The Morgan fingerprint density at radius 2 is 1.94 bits per heavy atom. The number of hydrogen-bond donors (Lipinski definition) is 1. The first kappa shape index (κ1) is 22.5. The molecule has 1 N–H and O–H groups in total. The van der Waals surface area contributed by atoms with Crippen molar-refractivity contribution in [1.82, 2.24) is 10.3 Å². The van der Waals surface area contributed by atoms with E-state index >= 15 is 0 Å². The molecule has 1 aliphatic heterocycles. The van der Waals surface area contributed by atoms with Crippen LogP contribution in [0.25, 0.3) is 33.3 Å². The summed E-state index contributed by atoms with van der Waals surface area (Å²) in [5, 5.41) is 5.36. The summed E-state index contributed by atoms with van der Waals surface area (Å²) >= 11 is 0. The fraction of sp³-hybridized carbons (Fsp3) is 0.360. The molecular formula is C25H27ClN2O4. The third-order valence-electron chi connectivity index (χ3n) is 6.23. The SMILES string of the molecule is Cc1ccc2c(-c3cc4c(CNCC5CCCO5)cnc(C)c4o3)cc(=O)oc2c1C.Cl. The molecule has 4 aromatic rings. The Hall–Kier alpha value is -2.67. The Bertz CT molecular complexity index is 1340. The van der Waals surface area contributed by atoms with Crippen LogP contribution in [0, 0.1) is 20.8 Å². The van der Waals surface area contributed by atoms with Gasteiger partial charge in [-0.25, -0.2) is 4.79 Å². The minimum absolute atomic E-state index is 0. The van der Waals surface area contributed by atoms with E-state index in [4.69, 9.17) is 13.6 Å². The number of fused-ring (bicyclic) bond motifs is 2. The van der Waals surface area contributed by atoms with Crippen LogP contribution < -0.4 is 10.9 Å². The first-order chi connectivity index (χ1) is 15.0. The first-order valence-electron chi connectivity index (χ1n) is 10.8. The van der Waals surface area contributed by atoms with Crippen LogP contribution in [0.3, 0.4) is 0 Å². The first-order valence-corrected chi connectivity index (χ1v) is 10.8. The number of benzene rings is 1. The Morgan fingerprint density at radius 1 is 1.09 bits per heavy atom. The molecule has 168 valence electrons. The summed E-state index contributed by atoms with van der Waals surface area (Å²) in [6, 6.07) is 7.54. The molecule has 5 rings (SSSR count). The van der Waals surface area contributed by atoms with Gasteiger partial charge in [-0.05, 0) is 56.4 Å². The summed E-state index contributed by atoms with van der Waals surface area (Å²) in [6.45, 7) is 8.26. The molecule has 1 fully saturated rings. The minimum atomic E-state index is -0.384. The van der Waals surface area contributed by atoms with Crippen LogP contribution in [-0.4, -0.2) is 24.2 Å². The fourth-order valence-electron chi connectivity index (χ4n) is 4.31. The van der Waals surface area contributed by atoms with E-state index in [9.17, 15) is 4.79 Å². The number of aryl methyl sites for hydroxylation is 3. The number of furan rings is 1. The van der Waals surface area contributed by atoms with Crippen LogP contribution in [-0.2, 0) is 11.3 Å². The molecule has 0 radical (unpaired) electrons. The van der Waals surface area contributed by atoms with Gasteiger partial charge in [0, 0.05) is 48.3 Å². The summed E-state index contributed by atoms with van der Waals surface area (Å²) in [5.41, 5.74) is 5.64. The van der Waals surface area contributed by atoms with Gasteiger partial charge in [0.05, 0.1) is 11.8 Å². The highest BCUT2D eigenvalue weighted by atomic mass is 35.5. The number of hydrogen-bond acceptors (Lipinski definition) is 6. The standard InChI is InChI=1S/C25H26N2O4.ClH/c1-14-6-7-19-21(10-23(28)31-24(19)15(14)2)22-9-20-17(12-27-16(3)25(20)30-22)11-26-13-18-5-4-8-29-18;/h6-7,9-10,12,18,26H,4-5,8,11,13H2,1-3H3;1H. The van der Waals surface area contributed by atoms with Crippen molar-refractivity contribution >= 4 is 34.3 Å². The van der Waals surface area contributed by atoms with Crippen LogP contribution in [0.1, 0.15) is 35.2 Å². The molecule has 0 saturated carbocycles. The number of aromatic nitrogens is 1. The molecule has 32 heavy (non-hydrogen) atoms. The van der Waals surface area contributed by atoms with E-state index in [0.717, 1.165) is 70.3 Å². The third-order valence-corrected chi connectivity index (χ3v) is 6.23. The van der Waals surface area contributed by atoms with E-state index in [-0.39, 0.29) is 24.1 Å². The number of rotatable bonds is 5. The predicted molar refractivity (Wildman–Crippen MR) is 128 cm³/mol. The lowest BCUT2D eigenvalue weighted by molar-refractivity contribution is 0.110. The van der Waals surface area contributed by atoms with Crippen LogP contribution in [0.2, 0.25) is 0 Å². The molecule has 1 unspecified atom stereocenters. The zero-order valence-corrected chi connectivity index (χ0v) is 19.3. The highest BCUT2D eigenvalue weighted by Gasteiger charge is 2.18. The Kier molecular flexibility index (Phi) is 6.38. The smallest absolute Gasteiger partial charge is 0.336 e. The lowest BCUT2D eigenvalue weighted by Gasteiger charge is -2.11. The summed E-state index contributed by atoms with van der Waals surface area (Å²) in [7, 11) is 0. The van der Waals surface area contributed by atoms with Gasteiger partial charge in [0.25, 0.3) is 0 Å². The van der Waals surface area contributed by atoms with E-state index in [1.54, 1.807) is 0 Å². The normalized spacial score (nSPS) is 16.0. The monoisotopic (exact) mass is 454 g/mol. The highest BCUT2D eigenvalue weighted by Crippen LogP contribution is 2.35. The fourth-order valence-corrected chi connectivity index (χ4v) is 4.31. The van der Waals surface area contributed by atoms with Crippen molar-refractivity contribution in [3.63, 3.8) is 0 Å². The second-order valence-corrected chi connectivity index (χ2v) is 8.35. The van der Waals surface area contributed by atoms with Gasteiger partial charge in [0.1, 0.15) is 11.3 Å². The van der Waals surface area contributed by atoms with Gasteiger partial charge < -0.3 is 18.9 Å².